The number of nitrogens with one attached hydrogen (secondary N) is 1. The Morgan fingerprint density at radius 3 is 2.00 bits per heavy atom. The zero-order valence-electron chi connectivity index (χ0n) is 24.6. The number of halogens is 8. The molecular formula is C27H24F8N6O6S2. The monoisotopic (exact) mass is 744 g/mol. The molecule has 3 heterocycles. The highest BCUT2D eigenvalue weighted by Gasteiger charge is 2.33. The summed E-state index contributed by atoms with van der Waals surface area (Å²) in [4.78, 5) is 24.3. The number of hydrogen-bond acceptors (Lipinski definition) is 11. The van der Waals surface area contributed by atoms with E-state index in [0.717, 1.165) is 24.3 Å². The number of thiazole rings is 1. The number of fused-ring (bicyclic) bond motifs is 1. The third-order valence-electron chi connectivity index (χ3n) is 6.29. The summed E-state index contributed by atoms with van der Waals surface area (Å²) in [6, 6.07) is 8.76. The molecule has 0 unspecified atom stereocenters. The lowest BCUT2D eigenvalue weighted by atomic mass is 10.2. The summed E-state index contributed by atoms with van der Waals surface area (Å²) >= 11 is 1.29. The molecule has 3 aromatic rings. The highest BCUT2D eigenvalue weighted by atomic mass is 32.2. The minimum absolute atomic E-state index is 0.109. The van der Waals surface area contributed by atoms with Crippen LogP contribution in [0.2, 0.25) is 0 Å². The van der Waals surface area contributed by atoms with Gasteiger partial charge in [-0.3, -0.25) is 4.79 Å². The van der Waals surface area contributed by atoms with Gasteiger partial charge in [-0.1, -0.05) is 23.5 Å². The molecule has 1 saturated heterocycles. The summed E-state index contributed by atoms with van der Waals surface area (Å²) in [5, 5.41) is 2.94. The van der Waals surface area contributed by atoms with Crippen LogP contribution in [0.1, 0.15) is 10.4 Å². The van der Waals surface area contributed by atoms with Crippen LogP contribution in [0.25, 0.3) is 0 Å². The molecule has 49 heavy (non-hydrogen) atoms. The topological polar surface area (TPSA) is 135 Å². The van der Waals surface area contributed by atoms with Crippen molar-refractivity contribution in [3.63, 3.8) is 0 Å². The zero-order valence-corrected chi connectivity index (χ0v) is 26.3. The highest BCUT2D eigenvalue weighted by Crippen LogP contribution is 2.34. The van der Waals surface area contributed by atoms with Crippen LogP contribution in [0.15, 0.2) is 63.4 Å². The number of piperazine rings is 1. The number of alkyl halides is 8. The zero-order chi connectivity index (χ0) is 35.8. The number of aromatic nitrogens is 1. The molecule has 266 valence electrons. The lowest BCUT2D eigenvalue weighted by Gasteiger charge is -2.33. The molecule has 12 nitrogen and oxygen atoms in total. The molecule has 0 spiro atoms. The van der Waals surface area contributed by atoms with Gasteiger partial charge in [-0.25, -0.2) is 18.4 Å². The third kappa shape index (κ3) is 11.2. The van der Waals surface area contributed by atoms with E-state index < -0.39 is 41.1 Å². The lowest BCUT2D eigenvalue weighted by molar-refractivity contribution is -0.275. The summed E-state index contributed by atoms with van der Waals surface area (Å²) in [6.07, 6.45) is -7.32. The average molecular weight is 745 g/mol. The van der Waals surface area contributed by atoms with E-state index in [1.165, 1.54) is 46.1 Å². The van der Waals surface area contributed by atoms with Crippen molar-refractivity contribution in [2.24, 2.45) is 9.98 Å². The smallest absolute Gasteiger partial charge is 0.406 e. The highest BCUT2D eigenvalue weighted by molar-refractivity contribution is 7.89. The standard InChI is InChI=1S/C18H16F5N5O4S2.C9H8F3NO2/c19-15(20)31-16-24-6-5-13-14(25-16)26-17(33-13)27-7-9-28(10-8-27)34(29,30)12-3-1-11(2-4-12)32-18(21,22)23;10-9(11,12)15-8-3-1-7(2-4-8)5-13-6-14/h1-4,6,15H,5,7-10H2;1-4,6H,5H2,(H,13,14). The van der Waals surface area contributed by atoms with E-state index in [2.05, 4.69) is 34.5 Å². The number of sulfonamides is 1. The lowest BCUT2D eigenvalue weighted by Crippen LogP contribution is -2.48. The minimum atomic E-state index is -4.87. The minimum Gasteiger partial charge on any atom is -0.406 e. The van der Waals surface area contributed by atoms with Gasteiger partial charge in [0.25, 0.3) is 0 Å². The molecular weight excluding hydrogens is 720 g/mol. The second kappa shape index (κ2) is 15.8. The number of carbonyl (C=O) groups is 1. The fraction of sp³-hybridized carbons (Fsp3) is 0.333. The van der Waals surface area contributed by atoms with Gasteiger partial charge in [0.2, 0.25) is 16.4 Å². The normalized spacial score (nSPS) is 15.4. The Bertz CT molecular complexity index is 1730. The summed E-state index contributed by atoms with van der Waals surface area (Å²) in [5.74, 6) is -0.587. The maximum Gasteiger partial charge on any atom is 0.573 e. The maximum atomic E-state index is 12.9. The molecule has 1 fully saturated rings. The second-order valence-electron chi connectivity index (χ2n) is 9.63. The van der Waals surface area contributed by atoms with Crippen LogP contribution in [0.4, 0.5) is 46.1 Å². The number of amidine groups is 1. The first kappa shape index (κ1) is 37.3. The fourth-order valence-corrected chi connectivity index (χ4v) is 6.63. The first-order chi connectivity index (χ1) is 23.0. The first-order valence-corrected chi connectivity index (χ1v) is 16.0. The maximum absolute atomic E-state index is 12.9. The van der Waals surface area contributed by atoms with E-state index in [9.17, 15) is 48.3 Å². The van der Waals surface area contributed by atoms with E-state index >= 15 is 0 Å². The molecule has 1 aromatic heterocycles. The predicted octanol–water partition coefficient (Wildman–Crippen LogP) is 5.24. The molecule has 0 radical (unpaired) electrons. The average Bonchev–Trinajstić information content (AvgIpc) is 3.32. The number of aliphatic imine (C=N–C) groups is 2. The predicted molar refractivity (Wildman–Crippen MR) is 159 cm³/mol. The molecule has 1 N–H and O–H groups in total. The Hall–Kier alpha value is -4.57. The third-order valence-corrected chi connectivity index (χ3v) is 9.33. The van der Waals surface area contributed by atoms with Crippen LogP contribution in [-0.2, 0) is 32.5 Å². The van der Waals surface area contributed by atoms with Gasteiger partial charge in [-0.15, -0.1) is 26.3 Å². The number of benzene rings is 2. The van der Waals surface area contributed by atoms with Crippen molar-refractivity contribution in [3.05, 3.63) is 59.0 Å². The molecule has 2 aliphatic heterocycles. The molecule has 2 aromatic carbocycles. The van der Waals surface area contributed by atoms with Crippen LogP contribution >= 0.6 is 11.3 Å². The summed E-state index contributed by atoms with van der Waals surface area (Å²) < 4.78 is 136. The Labute approximate surface area is 276 Å². The molecule has 0 bridgehead atoms. The second-order valence-corrected chi connectivity index (χ2v) is 12.6. The van der Waals surface area contributed by atoms with Crippen LogP contribution in [0.5, 0.6) is 11.5 Å². The van der Waals surface area contributed by atoms with Gasteiger partial charge in [0.05, 0.1) is 9.77 Å². The van der Waals surface area contributed by atoms with E-state index in [1.54, 1.807) is 0 Å². The van der Waals surface area contributed by atoms with Crippen molar-refractivity contribution >= 4 is 51.0 Å². The summed E-state index contributed by atoms with van der Waals surface area (Å²) in [5.41, 5.74) is 0.691. The number of anilines is 1. The van der Waals surface area contributed by atoms with Crippen molar-refractivity contribution in [1.82, 2.24) is 14.6 Å². The van der Waals surface area contributed by atoms with E-state index in [-0.39, 0.29) is 36.1 Å². The van der Waals surface area contributed by atoms with Gasteiger partial charge in [0, 0.05) is 45.4 Å². The Morgan fingerprint density at radius 2 is 1.47 bits per heavy atom. The van der Waals surface area contributed by atoms with Crippen LogP contribution in [0.3, 0.4) is 0 Å². The van der Waals surface area contributed by atoms with Crippen LogP contribution in [-0.4, -0.2) is 81.9 Å². The molecule has 5 rings (SSSR count). The van der Waals surface area contributed by atoms with Crippen molar-refractivity contribution < 1.29 is 62.5 Å². The van der Waals surface area contributed by atoms with Crippen LogP contribution < -0.4 is 19.7 Å². The molecule has 22 heteroatoms. The number of amides is 1. The Morgan fingerprint density at radius 1 is 0.898 bits per heavy atom. The van der Waals surface area contributed by atoms with Gasteiger partial charge >= 0.3 is 25.4 Å². The number of rotatable bonds is 9. The molecule has 0 saturated carbocycles. The van der Waals surface area contributed by atoms with Crippen molar-refractivity contribution in [3.8, 4) is 11.5 Å². The van der Waals surface area contributed by atoms with E-state index in [1.807, 2.05) is 4.90 Å². The van der Waals surface area contributed by atoms with Gasteiger partial charge < -0.3 is 24.4 Å². The van der Waals surface area contributed by atoms with Crippen LogP contribution in [0, 0.1) is 0 Å². The molecule has 0 aliphatic carbocycles. The van der Waals surface area contributed by atoms with Gasteiger partial charge in [0.1, 0.15) is 11.5 Å². The summed E-state index contributed by atoms with van der Waals surface area (Å²) in [7, 11) is -3.93. The Balaban J connectivity index is 0.000000302. The molecule has 1 amide bonds. The molecule has 0 atom stereocenters. The number of carbonyl (C=O) groups excluding carboxylic acids is 1. The number of hydrogen-bond donors (Lipinski definition) is 1. The number of nitrogens with zero attached hydrogens (tertiary/aromatic N) is 5. The van der Waals surface area contributed by atoms with E-state index in [0.29, 0.717) is 41.5 Å². The summed E-state index contributed by atoms with van der Waals surface area (Å²) in [6.45, 7) is -2.00. The fourth-order valence-electron chi connectivity index (χ4n) is 4.20. The molecule has 2 aliphatic rings. The van der Waals surface area contributed by atoms with Crippen molar-refractivity contribution in [1.29, 1.82) is 0 Å². The van der Waals surface area contributed by atoms with Gasteiger partial charge in [-0.2, -0.15) is 18.1 Å². The van der Waals surface area contributed by atoms with Gasteiger partial charge in [0.15, 0.2) is 10.9 Å². The number of ether oxygens (including phenoxy) is 3. The SMILES string of the molecule is O=CNCc1ccc(OC(F)(F)F)cc1.O=S(=O)(c1ccc(OC(F)(F)F)cc1)N1CCN(c2nc3c(s2)CC=NC(OC(F)F)=N3)CC1. The largest absolute Gasteiger partial charge is 0.573 e. The van der Waals surface area contributed by atoms with Crippen molar-refractivity contribution in [2.45, 2.75) is 37.2 Å². The van der Waals surface area contributed by atoms with Gasteiger partial charge in [-0.05, 0) is 42.0 Å². The van der Waals surface area contributed by atoms with Crippen molar-refractivity contribution in [2.75, 3.05) is 31.1 Å². The quantitative estimate of drug-likeness (QED) is 0.233. The Kier molecular flexibility index (Phi) is 12.0. The first-order valence-electron chi connectivity index (χ1n) is 13.7. The van der Waals surface area contributed by atoms with E-state index in [4.69, 9.17) is 0 Å².